The Balaban J connectivity index is 1.09. The number of thiophene rings is 1. The lowest BCUT2D eigenvalue weighted by atomic mass is 9.36. The van der Waals surface area contributed by atoms with E-state index in [0.717, 1.165) is 0 Å². The van der Waals surface area contributed by atoms with E-state index in [-0.39, 0.29) is 17.5 Å². The van der Waals surface area contributed by atoms with Gasteiger partial charge in [0.1, 0.15) is 0 Å². The summed E-state index contributed by atoms with van der Waals surface area (Å²) in [7, 11) is 0. The minimum Gasteiger partial charge on any atom is -0.311 e. The van der Waals surface area contributed by atoms with Gasteiger partial charge in [0.25, 0.3) is 6.71 Å². The molecule has 0 unspecified atom stereocenters. The molecule has 9 aromatic carbocycles. The average molecular weight is 1020 g/mol. The molecular formula is C73H67BN2S. The Morgan fingerprint density at radius 2 is 1.01 bits per heavy atom. The molecular weight excluding hydrogens is 948 g/mol. The SMILES string of the molecule is Cc1cc2c3c(c1)N(c1ccc(C(C)C)cc1)c1c(sc4cc5c(cc14)-c1ccc(C)cc1C51c4ccccc4-c4ccccc41)B3c1ccc(-c3c(C(C)(C)C)cccc3C(C)(C)C)cc1N2c1ccc(C(C)C)cc1. The molecule has 14 rings (SSSR count). The van der Waals surface area contributed by atoms with Crippen LogP contribution < -0.4 is 25.5 Å². The molecule has 10 aromatic rings. The highest BCUT2D eigenvalue weighted by Gasteiger charge is 2.53. The van der Waals surface area contributed by atoms with Crippen LogP contribution in [0.2, 0.25) is 0 Å². The van der Waals surface area contributed by atoms with Gasteiger partial charge in [-0.2, -0.15) is 0 Å². The normalized spacial score (nSPS) is 14.5. The van der Waals surface area contributed by atoms with Gasteiger partial charge in [-0.1, -0.05) is 196 Å². The number of fused-ring (bicyclic) bond motifs is 16. The van der Waals surface area contributed by atoms with Crippen LogP contribution >= 0.6 is 11.3 Å². The van der Waals surface area contributed by atoms with Gasteiger partial charge in [0, 0.05) is 43.3 Å². The van der Waals surface area contributed by atoms with Crippen LogP contribution in [0.15, 0.2) is 176 Å². The summed E-state index contributed by atoms with van der Waals surface area (Å²) in [6.45, 7) is 28.0. The second-order valence-corrected chi connectivity index (χ2v) is 26.5. The highest BCUT2D eigenvalue weighted by Crippen LogP contribution is 2.64. The van der Waals surface area contributed by atoms with Gasteiger partial charge in [-0.05, 0) is 185 Å². The summed E-state index contributed by atoms with van der Waals surface area (Å²) in [6, 6.07) is 69.4. The van der Waals surface area contributed by atoms with E-state index in [1.165, 1.54) is 149 Å². The van der Waals surface area contributed by atoms with Crippen molar-refractivity contribution in [1.82, 2.24) is 0 Å². The molecule has 4 aliphatic rings. The minimum absolute atomic E-state index is 0.0129. The predicted molar refractivity (Wildman–Crippen MR) is 333 cm³/mol. The molecule has 1 aromatic heterocycles. The average Bonchev–Trinajstić information content (AvgIpc) is 3.65. The van der Waals surface area contributed by atoms with Crippen molar-refractivity contribution < 1.29 is 0 Å². The number of aryl methyl sites for hydroxylation is 2. The van der Waals surface area contributed by atoms with Crippen molar-refractivity contribution in [2.24, 2.45) is 0 Å². The predicted octanol–water partition coefficient (Wildman–Crippen LogP) is 18.5. The van der Waals surface area contributed by atoms with E-state index >= 15 is 0 Å². The van der Waals surface area contributed by atoms with E-state index in [1.807, 2.05) is 11.3 Å². The smallest absolute Gasteiger partial charge is 0.264 e. The van der Waals surface area contributed by atoms with E-state index in [9.17, 15) is 0 Å². The molecule has 0 atom stereocenters. The molecule has 0 bridgehead atoms. The summed E-state index contributed by atoms with van der Waals surface area (Å²) in [5.74, 6) is 0.856. The van der Waals surface area contributed by atoms with Gasteiger partial charge in [-0.25, -0.2) is 0 Å². The molecule has 0 amide bonds. The second kappa shape index (κ2) is 16.8. The third kappa shape index (κ3) is 6.86. The molecule has 1 spiro atoms. The largest absolute Gasteiger partial charge is 0.311 e. The summed E-state index contributed by atoms with van der Waals surface area (Å²) in [4.78, 5) is 5.27. The van der Waals surface area contributed by atoms with Crippen LogP contribution in [0.5, 0.6) is 0 Å². The van der Waals surface area contributed by atoms with Gasteiger partial charge in [-0.15, -0.1) is 11.3 Å². The zero-order valence-corrected chi connectivity index (χ0v) is 47.6. The highest BCUT2D eigenvalue weighted by molar-refractivity contribution is 7.33. The van der Waals surface area contributed by atoms with Crippen molar-refractivity contribution in [3.05, 3.63) is 232 Å². The van der Waals surface area contributed by atoms with Crippen LogP contribution in [0.4, 0.5) is 34.1 Å². The van der Waals surface area contributed by atoms with Crippen molar-refractivity contribution in [3.63, 3.8) is 0 Å². The lowest BCUT2D eigenvalue weighted by Crippen LogP contribution is -2.60. The van der Waals surface area contributed by atoms with Gasteiger partial charge in [0.05, 0.1) is 11.1 Å². The van der Waals surface area contributed by atoms with Crippen molar-refractivity contribution in [2.75, 3.05) is 9.80 Å². The minimum atomic E-state index is -0.434. The van der Waals surface area contributed by atoms with E-state index < -0.39 is 5.41 Å². The standard InChI is InChI=1S/C73H67BN2S/c1-42(2)46-25-30-49(31-26-46)75-63-39-48(67-58(71(7,8)9)22-17-23-59(67)72(10,11)12)29-35-62(63)74-68-64(75)37-45(6)38-65(68)76(50-32-27-47(28-33-50)43(3)4)69-55-40-54-53-34-24-44(5)36-60(53)73(61(54)41-66(55)77-70(69)74)56-20-15-13-18-51(56)52-19-14-16-21-57(52)73/h13-43H,1-12H3. The molecule has 0 fully saturated rings. The van der Waals surface area contributed by atoms with Crippen LogP contribution in [-0.4, -0.2) is 6.71 Å². The molecule has 0 saturated carbocycles. The molecule has 77 heavy (non-hydrogen) atoms. The molecule has 0 radical (unpaired) electrons. The summed E-state index contributed by atoms with van der Waals surface area (Å²) >= 11 is 2.02. The van der Waals surface area contributed by atoms with Crippen LogP contribution in [0.1, 0.15) is 137 Å². The Bertz CT molecular complexity index is 4020. The molecule has 0 N–H and O–H groups in total. The highest BCUT2D eigenvalue weighted by atomic mass is 32.1. The molecule has 4 heteroatoms. The first-order chi connectivity index (χ1) is 36.9. The summed E-state index contributed by atoms with van der Waals surface area (Å²) < 4.78 is 2.72. The quantitative estimate of drug-likeness (QED) is 0.159. The van der Waals surface area contributed by atoms with Crippen molar-refractivity contribution in [1.29, 1.82) is 0 Å². The first kappa shape index (κ1) is 48.0. The Morgan fingerprint density at radius 1 is 0.468 bits per heavy atom. The molecule has 0 saturated heterocycles. The number of anilines is 6. The zero-order chi connectivity index (χ0) is 53.2. The first-order valence-electron chi connectivity index (χ1n) is 28.1. The molecule has 2 nitrogen and oxygen atoms in total. The molecule has 2 aliphatic heterocycles. The van der Waals surface area contributed by atoms with Crippen molar-refractivity contribution in [2.45, 2.75) is 111 Å². The number of hydrogen-bond acceptors (Lipinski definition) is 3. The van der Waals surface area contributed by atoms with E-state index in [2.05, 4.69) is 269 Å². The van der Waals surface area contributed by atoms with Crippen molar-refractivity contribution >= 4 is 78.0 Å². The molecule has 2 aliphatic carbocycles. The van der Waals surface area contributed by atoms with Crippen LogP contribution in [-0.2, 0) is 16.2 Å². The van der Waals surface area contributed by atoms with Crippen LogP contribution in [0.3, 0.4) is 0 Å². The van der Waals surface area contributed by atoms with Crippen LogP contribution in [0.25, 0.3) is 43.5 Å². The number of nitrogens with zero attached hydrogens (tertiary/aromatic N) is 2. The Labute approximate surface area is 461 Å². The van der Waals surface area contributed by atoms with Crippen LogP contribution in [0, 0.1) is 13.8 Å². The summed E-state index contributed by atoms with van der Waals surface area (Å²) in [6.07, 6.45) is 0. The maximum atomic E-state index is 2.66. The second-order valence-electron chi connectivity index (χ2n) is 25.4. The van der Waals surface area contributed by atoms with E-state index in [0.29, 0.717) is 11.8 Å². The van der Waals surface area contributed by atoms with Gasteiger partial charge in [-0.3, -0.25) is 0 Å². The fourth-order valence-corrected chi connectivity index (χ4v) is 15.5. The third-order valence-electron chi connectivity index (χ3n) is 17.8. The number of benzene rings is 9. The summed E-state index contributed by atoms with van der Waals surface area (Å²) in [5, 5.41) is 1.31. The van der Waals surface area contributed by atoms with Gasteiger partial charge >= 0.3 is 0 Å². The number of rotatable bonds is 5. The zero-order valence-electron chi connectivity index (χ0n) is 46.8. The monoisotopic (exact) mass is 1010 g/mol. The van der Waals surface area contributed by atoms with E-state index in [1.54, 1.807) is 0 Å². The fraction of sp³-hybridized carbons (Fsp3) is 0.233. The molecule has 378 valence electrons. The molecule has 3 heterocycles. The Morgan fingerprint density at radius 3 is 1.60 bits per heavy atom. The Hall–Kier alpha value is -7.40. The van der Waals surface area contributed by atoms with E-state index in [4.69, 9.17) is 0 Å². The first-order valence-corrected chi connectivity index (χ1v) is 28.9. The van der Waals surface area contributed by atoms with Gasteiger partial charge in [0.15, 0.2) is 0 Å². The van der Waals surface area contributed by atoms with Crippen molar-refractivity contribution in [3.8, 4) is 33.4 Å². The lowest BCUT2D eigenvalue weighted by molar-refractivity contribution is 0.572. The lowest BCUT2D eigenvalue weighted by Gasteiger charge is -2.43. The third-order valence-corrected chi connectivity index (χ3v) is 19.0. The maximum absolute atomic E-state index is 2.66. The number of hydrogen-bond donors (Lipinski definition) is 0. The van der Waals surface area contributed by atoms with Gasteiger partial charge < -0.3 is 9.80 Å². The fourth-order valence-electron chi connectivity index (χ4n) is 14.2. The topological polar surface area (TPSA) is 6.48 Å². The summed E-state index contributed by atoms with van der Waals surface area (Å²) in [5.41, 5.74) is 31.1. The van der Waals surface area contributed by atoms with Gasteiger partial charge in [0.2, 0.25) is 0 Å². The maximum Gasteiger partial charge on any atom is 0.264 e. The Kier molecular flexibility index (Phi) is 10.5.